The van der Waals surface area contributed by atoms with E-state index in [-0.39, 0.29) is 5.82 Å². The molecule has 1 aromatic carbocycles. The molecule has 0 saturated carbocycles. The number of hydrogen-bond donors (Lipinski definition) is 1. The van der Waals surface area contributed by atoms with Crippen molar-refractivity contribution in [2.45, 2.75) is 32.4 Å². The number of halogens is 1. The number of aryl methyl sites for hydroxylation is 1. The SMILES string of the molecule is Cc1nc2sccn2c1CN1CCCC(Nc2ccc(F)cc2)C1. The van der Waals surface area contributed by atoms with Crippen LogP contribution in [0.2, 0.25) is 0 Å². The molecule has 3 aromatic rings. The van der Waals surface area contributed by atoms with Crippen LogP contribution in [-0.2, 0) is 6.54 Å². The molecule has 0 bridgehead atoms. The number of likely N-dealkylation sites (tertiary alicyclic amines) is 1. The minimum atomic E-state index is -0.193. The van der Waals surface area contributed by atoms with Crippen LogP contribution in [0, 0.1) is 12.7 Å². The van der Waals surface area contributed by atoms with Crippen molar-refractivity contribution in [1.29, 1.82) is 0 Å². The van der Waals surface area contributed by atoms with Gasteiger partial charge in [0.15, 0.2) is 4.96 Å². The van der Waals surface area contributed by atoms with Gasteiger partial charge in [-0.3, -0.25) is 9.30 Å². The van der Waals surface area contributed by atoms with E-state index in [2.05, 4.69) is 38.1 Å². The first-order valence-corrected chi connectivity index (χ1v) is 9.22. The summed E-state index contributed by atoms with van der Waals surface area (Å²) in [7, 11) is 0. The molecule has 1 saturated heterocycles. The summed E-state index contributed by atoms with van der Waals surface area (Å²) in [6.45, 7) is 5.12. The van der Waals surface area contributed by atoms with Gasteiger partial charge in [0, 0.05) is 36.4 Å². The summed E-state index contributed by atoms with van der Waals surface area (Å²) < 4.78 is 15.2. The van der Waals surface area contributed by atoms with Gasteiger partial charge in [-0.2, -0.15) is 0 Å². The number of nitrogens with one attached hydrogen (secondary N) is 1. The van der Waals surface area contributed by atoms with Gasteiger partial charge in [0.1, 0.15) is 5.82 Å². The molecule has 1 aliphatic rings. The van der Waals surface area contributed by atoms with Crippen molar-refractivity contribution in [2.24, 2.45) is 0 Å². The molecule has 0 radical (unpaired) electrons. The molecule has 1 fully saturated rings. The van der Waals surface area contributed by atoms with Crippen molar-refractivity contribution in [3.63, 3.8) is 0 Å². The Morgan fingerprint density at radius 2 is 2.17 bits per heavy atom. The predicted molar refractivity (Wildman–Crippen MR) is 96.1 cm³/mol. The van der Waals surface area contributed by atoms with Crippen LogP contribution in [-0.4, -0.2) is 33.4 Å². The summed E-state index contributed by atoms with van der Waals surface area (Å²) in [5, 5.41) is 5.62. The summed E-state index contributed by atoms with van der Waals surface area (Å²) in [5.41, 5.74) is 3.40. The molecule has 1 atom stereocenters. The van der Waals surface area contributed by atoms with Crippen LogP contribution < -0.4 is 5.32 Å². The van der Waals surface area contributed by atoms with Gasteiger partial charge in [0.2, 0.25) is 0 Å². The van der Waals surface area contributed by atoms with Crippen LogP contribution in [0.15, 0.2) is 35.8 Å². The number of piperidine rings is 1. The molecule has 4 rings (SSSR count). The number of rotatable bonds is 4. The molecule has 1 N–H and O–H groups in total. The van der Waals surface area contributed by atoms with E-state index in [4.69, 9.17) is 0 Å². The van der Waals surface area contributed by atoms with Crippen molar-refractivity contribution in [3.05, 3.63) is 53.0 Å². The Bertz CT molecular complexity index is 823. The monoisotopic (exact) mass is 344 g/mol. The lowest BCUT2D eigenvalue weighted by molar-refractivity contribution is 0.205. The Hall–Kier alpha value is -1.92. The minimum Gasteiger partial charge on any atom is -0.381 e. The summed E-state index contributed by atoms with van der Waals surface area (Å²) in [4.78, 5) is 8.19. The number of imidazole rings is 1. The quantitative estimate of drug-likeness (QED) is 0.779. The van der Waals surface area contributed by atoms with Gasteiger partial charge in [-0.05, 0) is 50.6 Å². The van der Waals surface area contributed by atoms with E-state index in [1.807, 2.05) is 12.1 Å². The molecular weight excluding hydrogens is 323 g/mol. The third-order valence-electron chi connectivity index (χ3n) is 4.66. The predicted octanol–water partition coefficient (Wildman–Crippen LogP) is 3.92. The van der Waals surface area contributed by atoms with Gasteiger partial charge < -0.3 is 5.32 Å². The topological polar surface area (TPSA) is 32.6 Å². The van der Waals surface area contributed by atoms with Crippen molar-refractivity contribution < 1.29 is 4.39 Å². The lowest BCUT2D eigenvalue weighted by Crippen LogP contribution is -2.41. The van der Waals surface area contributed by atoms with E-state index in [1.54, 1.807) is 11.3 Å². The summed E-state index contributed by atoms with van der Waals surface area (Å²) in [6, 6.07) is 7.03. The molecule has 126 valence electrons. The fourth-order valence-corrected chi connectivity index (χ4v) is 4.22. The van der Waals surface area contributed by atoms with Gasteiger partial charge in [0.05, 0.1) is 11.4 Å². The van der Waals surface area contributed by atoms with E-state index in [1.165, 1.54) is 24.2 Å². The first kappa shape index (κ1) is 15.6. The largest absolute Gasteiger partial charge is 0.381 e. The standard InChI is InChI=1S/C18H21FN4S/c1-13-17(23-9-10-24-18(23)20-13)12-22-8-2-3-16(11-22)21-15-6-4-14(19)5-7-15/h4-7,9-10,16,21H,2-3,8,11-12H2,1H3. The summed E-state index contributed by atoms with van der Waals surface area (Å²) in [6.07, 6.45) is 4.42. The van der Waals surface area contributed by atoms with Crippen LogP contribution in [0.1, 0.15) is 24.2 Å². The number of nitrogens with zero attached hydrogens (tertiary/aromatic N) is 3. The van der Waals surface area contributed by atoms with Crippen molar-refractivity contribution in [3.8, 4) is 0 Å². The van der Waals surface area contributed by atoms with Crippen LogP contribution in [0.25, 0.3) is 4.96 Å². The van der Waals surface area contributed by atoms with E-state index in [0.29, 0.717) is 6.04 Å². The normalized spacial score (nSPS) is 19.0. The first-order chi connectivity index (χ1) is 11.7. The lowest BCUT2D eigenvalue weighted by atomic mass is 10.0. The highest BCUT2D eigenvalue weighted by Gasteiger charge is 2.22. The third kappa shape index (κ3) is 3.16. The zero-order valence-electron chi connectivity index (χ0n) is 13.7. The first-order valence-electron chi connectivity index (χ1n) is 8.34. The number of anilines is 1. The molecule has 4 nitrogen and oxygen atoms in total. The maximum Gasteiger partial charge on any atom is 0.194 e. The van der Waals surface area contributed by atoms with Crippen LogP contribution in [0.5, 0.6) is 0 Å². The lowest BCUT2D eigenvalue weighted by Gasteiger charge is -2.33. The van der Waals surface area contributed by atoms with E-state index in [0.717, 1.165) is 42.4 Å². The maximum atomic E-state index is 13.0. The van der Waals surface area contributed by atoms with Gasteiger partial charge in [-0.15, -0.1) is 11.3 Å². The second kappa shape index (κ2) is 6.53. The molecule has 0 aliphatic carbocycles. The minimum absolute atomic E-state index is 0.193. The van der Waals surface area contributed by atoms with Crippen molar-refractivity contribution in [1.82, 2.24) is 14.3 Å². The molecule has 3 heterocycles. The fraction of sp³-hybridized carbons (Fsp3) is 0.389. The molecule has 1 unspecified atom stereocenters. The van der Waals surface area contributed by atoms with Crippen molar-refractivity contribution in [2.75, 3.05) is 18.4 Å². The number of thiazole rings is 1. The highest BCUT2D eigenvalue weighted by molar-refractivity contribution is 7.15. The van der Waals surface area contributed by atoms with Gasteiger partial charge in [-0.1, -0.05) is 0 Å². The van der Waals surface area contributed by atoms with Gasteiger partial charge in [-0.25, -0.2) is 9.37 Å². The Morgan fingerprint density at radius 1 is 1.33 bits per heavy atom. The van der Waals surface area contributed by atoms with E-state index >= 15 is 0 Å². The molecule has 0 spiro atoms. The van der Waals surface area contributed by atoms with Crippen LogP contribution in [0.4, 0.5) is 10.1 Å². The maximum absolute atomic E-state index is 13.0. The van der Waals surface area contributed by atoms with Crippen LogP contribution in [0.3, 0.4) is 0 Å². The summed E-state index contributed by atoms with van der Waals surface area (Å²) in [5.74, 6) is -0.193. The molecule has 1 aliphatic heterocycles. The average molecular weight is 344 g/mol. The third-order valence-corrected chi connectivity index (χ3v) is 5.41. The highest BCUT2D eigenvalue weighted by atomic mass is 32.1. The Balaban J connectivity index is 1.44. The average Bonchev–Trinajstić information content (AvgIpc) is 3.13. The Kier molecular flexibility index (Phi) is 4.24. The number of aromatic nitrogens is 2. The van der Waals surface area contributed by atoms with Gasteiger partial charge >= 0.3 is 0 Å². The highest BCUT2D eigenvalue weighted by Crippen LogP contribution is 2.22. The van der Waals surface area contributed by atoms with Gasteiger partial charge in [0.25, 0.3) is 0 Å². The second-order valence-corrected chi connectivity index (χ2v) is 7.30. The fourth-order valence-electron chi connectivity index (χ4n) is 3.44. The Labute approximate surface area is 144 Å². The number of benzene rings is 1. The molecular formula is C18H21FN4S. The zero-order chi connectivity index (χ0) is 16.5. The molecule has 0 amide bonds. The Morgan fingerprint density at radius 3 is 3.00 bits per heavy atom. The van der Waals surface area contributed by atoms with E-state index in [9.17, 15) is 4.39 Å². The summed E-state index contributed by atoms with van der Waals surface area (Å²) >= 11 is 1.68. The molecule has 24 heavy (non-hydrogen) atoms. The number of fused-ring (bicyclic) bond motifs is 1. The second-order valence-electron chi connectivity index (χ2n) is 6.42. The zero-order valence-corrected chi connectivity index (χ0v) is 14.5. The smallest absolute Gasteiger partial charge is 0.194 e. The number of hydrogen-bond acceptors (Lipinski definition) is 4. The molecule has 6 heteroatoms. The van der Waals surface area contributed by atoms with Crippen LogP contribution >= 0.6 is 11.3 Å². The van der Waals surface area contributed by atoms with E-state index < -0.39 is 0 Å². The molecule has 2 aromatic heterocycles. The van der Waals surface area contributed by atoms with Crippen molar-refractivity contribution >= 4 is 22.0 Å².